The van der Waals surface area contributed by atoms with Crippen molar-refractivity contribution in [3.05, 3.63) is 107 Å². The van der Waals surface area contributed by atoms with Gasteiger partial charge in [0, 0.05) is 54.6 Å². The van der Waals surface area contributed by atoms with Gasteiger partial charge in [0.15, 0.2) is 0 Å². The lowest BCUT2D eigenvalue weighted by Crippen LogP contribution is -2.49. The van der Waals surface area contributed by atoms with Gasteiger partial charge in [0.25, 0.3) is 0 Å². The van der Waals surface area contributed by atoms with Crippen molar-refractivity contribution in [2.45, 2.75) is 37.5 Å². The predicted molar refractivity (Wildman–Crippen MR) is 176 cm³/mol. The standard InChI is InChI=1S/C35H34ClN9O/c1-2-30(21-7-4-3-5-8-21)41-32-23(13-37)15-39-34-26(32)11-24(12-29(34)36)40-33(22-9-6-10-38-14-22)31-18-45(43-42-31)35-27-16-44(17-28(27)35)25-19-46-20-25/h3-12,14-15,18,25,27-28,30,33,35,40H,2,16-17,19-20H2,1H3,(H,39,41)/t27-,28+,30-,33+,35+/m1/s1. The van der Waals surface area contributed by atoms with Crippen LogP contribution in [-0.4, -0.2) is 62.2 Å². The first-order chi connectivity index (χ1) is 22.6. The number of nitrogens with one attached hydrogen (secondary N) is 2. The third kappa shape index (κ3) is 5.24. The molecule has 0 radical (unpaired) electrons. The Balaban J connectivity index is 1.11. The lowest BCUT2D eigenvalue weighted by Gasteiger charge is -2.35. The number of pyridine rings is 2. The highest BCUT2D eigenvalue weighted by Gasteiger charge is 2.58. The molecule has 5 aromatic rings. The van der Waals surface area contributed by atoms with Crippen LogP contribution in [0, 0.1) is 23.2 Å². The van der Waals surface area contributed by atoms with E-state index in [1.807, 2.05) is 48.7 Å². The molecule has 3 aliphatic rings. The number of nitrogens with zero attached hydrogens (tertiary/aromatic N) is 7. The molecular formula is C35H34ClN9O. The summed E-state index contributed by atoms with van der Waals surface area (Å²) in [5.74, 6) is 1.21. The normalized spacial score (nSPS) is 22.1. The average Bonchev–Trinajstić information content (AvgIpc) is 3.36. The first-order valence-corrected chi connectivity index (χ1v) is 16.2. The van der Waals surface area contributed by atoms with Gasteiger partial charge in [-0.15, -0.1) is 5.10 Å². The average molecular weight is 632 g/mol. The number of anilines is 2. The highest BCUT2D eigenvalue weighted by molar-refractivity contribution is 6.35. The Morgan fingerprint density at radius 3 is 2.54 bits per heavy atom. The molecule has 2 aromatic carbocycles. The van der Waals surface area contributed by atoms with Gasteiger partial charge in [-0.05, 0) is 35.7 Å². The molecule has 10 nitrogen and oxygen atoms in total. The molecule has 46 heavy (non-hydrogen) atoms. The first kappa shape index (κ1) is 28.9. The SMILES string of the molecule is CC[C@@H](Nc1c(C#N)cnc2c(Cl)cc(N[C@@H](c3cccnc3)c3cn([C@H]4[C@@H]5CN(C6COC6)C[C@@H]54)nn3)cc12)c1ccccc1. The van der Waals surface area contributed by atoms with Crippen LogP contribution in [0.25, 0.3) is 10.9 Å². The lowest BCUT2D eigenvalue weighted by atomic mass is 10.0. The fourth-order valence-electron chi connectivity index (χ4n) is 7.13. The summed E-state index contributed by atoms with van der Waals surface area (Å²) in [5.41, 5.74) is 5.47. The fraction of sp³-hybridized carbons (Fsp3) is 0.343. The summed E-state index contributed by atoms with van der Waals surface area (Å²) in [6, 6.07) is 21.0. The van der Waals surface area contributed by atoms with Crippen molar-refractivity contribution in [3.8, 4) is 6.07 Å². The maximum atomic E-state index is 10.1. The van der Waals surface area contributed by atoms with E-state index in [0.29, 0.717) is 45.7 Å². The molecule has 2 aliphatic heterocycles. The molecule has 0 bridgehead atoms. The summed E-state index contributed by atoms with van der Waals surface area (Å²) >= 11 is 6.88. The Bertz CT molecular complexity index is 1890. The fourth-order valence-corrected chi connectivity index (χ4v) is 7.39. The number of nitriles is 1. The maximum absolute atomic E-state index is 10.1. The second kappa shape index (κ2) is 12.0. The highest BCUT2D eigenvalue weighted by Crippen LogP contribution is 2.55. The number of likely N-dealkylation sites (tertiary alicyclic amines) is 1. The number of halogens is 1. The number of rotatable bonds is 10. The van der Waals surface area contributed by atoms with Gasteiger partial charge in [-0.2, -0.15) is 5.26 Å². The molecule has 5 atom stereocenters. The summed E-state index contributed by atoms with van der Waals surface area (Å²) in [4.78, 5) is 11.5. The van der Waals surface area contributed by atoms with Crippen molar-refractivity contribution in [3.63, 3.8) is 0 Å². The van der Waals surface area contributed by atoms with Gasteiger partial charge in [0.2, 0.25) is 0 Å². The molecular weight excluding hydrogens is 598 g/mol. The molecule has 11 heteroatoms. The van der Waals surface area contributed by atoms with Crippen molar-refractivity contribution in [1.82, 2.24) is 29.9 Å². The molecule has 2 saturated heterocycles. The van der Waals surface area contributed by atoms with Crippen LogP contribution in [0.2, 0.25) is 5.02 Å². The predicted octanol–water partition coefficient (Wildman–Crippen LogP) is 6.01. The molecule has 232 valence electrons. The molecule has 0 amide bonds. The number of piperidine rings is 1. The molecule has 0 spiro atoms. The van der Waals surface area contributed by atoms with Crippen molar-refractivity contribution in [2.24, 2.45) is 11.8 Å². The van der Waals surface area contributed by atoms with Crippen molar-refractivity contribution in [1.29, 1.82) is 5.26 Å². The molecule has 1 aliphatic carbocycles. The number of aromatic nitrogens is 5. The van der Waals surface area contributed by atoms with Crippen LogP contribution in [0.15, 0.2) is 79.4 Å². The van der Waals surface area contributed by atoms with Gasteiger partial charge in [-0.3, -0.25) is 14.9 Å². The smallest absolute Gasteiger partial charge is 0.110 e. The van der Waals surface area contributed by atoms with E-state index in [9.17, 15) is 5.26 Å². The third-order valence-electron chi connectivity index (χ3n) is 9.75. The quantitative estimate of drug-likeness (QED) is 0.191. The number of hydrogen-bond donors (Lipinski definition) is 2. The summed E-state index contributed by atoms with van der Waals surface area (Å²) in [7, 11) is 0. The van der Waals surface area contributed by atoms with Crippen molar-refractivity contribution >= 4 is 33.9 Å². The van der Waals surface area contributed by atoms with Gasteiger partial charge >= 0.3 is 0 Å². The lowest BCUT2D eigenvalue weighted by molar-refractivity contribution is -0.0617. The van der Waals surface area contributed by atoms with Crippen LogP contribution in [0.3, 0.4) is 0 Å². The van der Waals surface area contributed by atoms with E-state index < -0.39 is 0 Å². The van der Waals surface area contributed by atoms with Crippen LogP contribution in [-0.2, 0) is 4.74 Å². The molecule has 0 unspecified atom stereocenters. The van der Waals surface area contributed by atoms with Crippen LogP contribution in [0.5, 0.6) is 0 Å². The van der Waals surface area contributed by atoms with Gasteiger partial charge in [-0.1, -0.05) is 60.1 Å². The molecule has 2 N–H and O–H groups in total. The van der Waals surface area contributed by atoms with E-state index in [2.05, 4.69) is 71.8 Å². The second-order valence-corrected chi connectivity index (χ2v) is 12.9. The van der Waals surface area contributed by atoms with E-state index in [1.54, 1.807) is 12.4 Å². The van der Waals surface area contributed by atoms with Crippen LogP contribution < -0.4 is 10.6 Å². The van der Waals surface area contributed by atoms with E-state index in [-0.39, 0.29) is 12.1 Å². The van der Waals surface area contributed by atoms with E-state index >= 15 is 0 Å². The van der Waals surface area contributed by atoms with Crippen molar-refractivity contribution < 1.29 is 4.74 Å². The third-order valence-corrected chi connectivity index (χ3v) is 10.0. The number of hydrogen-bond acceptors (Lipinski definition) is 9. The van der Waals surface area contributed by atoms with Crippen LogP contribution in [0.4, 0.5) is 11.4 Å². The largest absolute Gasteiger partial charge is 0.378 e. The Morgan fingerprint density at radius 2 is 1.85 bits per heavy atom. The summed E-state index contributed by atoms with van der Waals surface area (Å²) in [6.45, 7) is 6.02. The Kier molecular flexibility index (Phi) is 7.53. The topological polar surface area (TPSA) is 117 Å². The Morgan fingerprint density at radius 1 is 1.04 bits per heavy atom. The zero-order valence-electron chi connectivity index (χ0n) is 25.4. The monoisotopic (exact) mass is 631 g/mol. The molecule has 5 heterocycles. The van der Waals surface area contributed by atoms with E-state index in [0.717, 1.165) is 60.6 Å². The summed E-state index contributed by atoms with van der Waals surface area (Å²) in [6.07, 6.45) is 8.10. The Hall–Kier alpha value is -4.56. The zero-order chi connectivity index (χ0) is 31.2. The van der Waals surface area contributed by atoms with Crippen LogP contribution >= 0.6 is 11.6 Å². The minimum absolute atomic E-state index is 0.00326. The van der Waals surface area contributed by atoms with Crippen molar-refractivity contribution in [2.75, 3.05) is 36.9 Å². The van der Waals surface area contributed by atoms with Crippen LogP contribution in [0.1, 0.15) is 53.9 Å². The summed E-state index contributed by atoms with van der Waals surface area (Å²) in [5, 5.41) is 27.9. The number of fused-ring (bicyclic) bond motifs is 2. The van der Waals surface area contributed by atoms with Gasteiger partial charge in [0.1, 0.15) is 11.8 Å². The Labute approximate surface area is 272 Å². The van der Waals surface area contributed by atoms with Gasteiger partial charge in [-0.25, -0.2) is 4.68 Å². The number of ether oxygens (including phenoxy) is 1. The maximum Gasteiger partial charge on any atom is 0.110 e. The minimum atomic E-state index is -0.325. The minimum Gasteiger partial charge on any atom is -0.378 e. The summed E-state index contributed by atoms with van der Waals surface area (Å²) < 4.78 is 7.46. The van der Waals surface area contributed by atoms with Gasteiger partial charge < -0.3 is 15.4 Å². The molecule has 1 saturated carbocycles. The van der Waals surface area contributed by atoms with E-state index in [4.69, 9.17) is 16.3 Å². The highest BCUT2D eigenvalue weighted by atomic mass is 35.5. The molecule has 8 rings (SSSR count). The molecule has 3 aromatic heterocycles. The number of benzene rings is 2. The van der Waals surface area contributed by atoms with E-state index in [1.165, 1.54) is 0 Å². The van der Waals surface area contributed by atoms with Gasteiger partial charge in [0.05, 0.1) is 65.4 Å². The second-order valence-electron chi connectivity index (χ2n) is 12.5. The molecule has 3 fully saturated rings. The zero-order valence-corrected chi connectivity index (χ0v) is 26.2. The first-order valence-electron chi connectivity index (χ1n) is 15.8.